The Bertz CT molecular complexity index is 4580. The first-order valence-corrected chi connectivity index (χ1v) is 41.0. The molecular weight excluding hydrogens is 1510 g/mol. The van der Waals surface area contributed by atoms with E-state index in [1.807, 2.05) is 177 Å². The Kier molecular flexibility index (Phi) is 33.7. The van der Waals surface area contributed by atoms with Crippen LogP contribution in [0.15, 0.2) is 211 Å². The van der Waals surface area contributed by atoms with E-state index in [0.29, 0.717) is 141 Å². The molecule has 5 amide bonds. The lowest BCUT2D eigenvalue weighted by Crippen LogP contribution is -2.50. The maximum absolute atomic E-state index is 14.3. The number of benzene rings is 8. The minimum absolute atomic E-state index is 0.156. The maximum atomic E-state index is 14.3. The highest BCUT2D eigenvalue weighted by Crippen LogP contribution is 2.42. The van der Waals surface area contributed by atoms with Crippen LogP contribution < -0.4 is 24.8 Å². The summed E-state index contributed by atoms with van der Waals surface area (Å²) >= 11 is 3.40. The van der Waals surface area contributed by atoms with Crippen LogP contribution in [0.3, 0.4) is 0 Å². The smallest absolute Gasteiger partial charge is 0.305 e. The van der Waals surface area contributed by atoms with Gasteiger partial charge in [0.15, 0.2) is 0 Å². The van der Waals surface area contributed by atoms with Crippen molar-refractivity contribution >= 4 is 63.4 Å². The highest BCUT2D eigenvalue weighted by atomic mass is 79.9. The van der Waals surface area contributed by atoms with E-state index in [-0.39, 0.29) is 54.2 Å². The van der Waals surface area contributed by atoms with Crippen LogP contribution in [0, 0.1) is 0 Å². The molecule has 10 rings (SSSR count). The van der Waals surface area contributed by atoms with Crippen molar-refractivity contribution in [1.82, 2.24) is 25.3 Å². The monoisotopic (exact) mass is 1630 g/mol. The summed E-state index contributed by atoms with van der Waals surface area (Å²) in [6, 6.07) is 58.1. The zero-order valence-corrected chi connectivity index (χ0v) is 69.8. The predicted octanol–water partition coefficient (Wildman–Crippen LogP) is 19.8. The van der Waals surface area contributed by atoms with Gasteiger partial charge in [0.05, 0.1) is 37.1 Å². The van der Waals surface area contributed by atoms with Gasteiger partial charge in [-0.05, 0) is 242 Å². The van der Waals surface area contributed by atoms with Gasteiger partial charge in [-0.3, -0.25) is 38.4 Å². The van der Waals surface area contributed by atoms with E-state index in [1.165, 1.54) is 9.80 Å². The van der Waals surface area contributed by atoms with Gasteiger partial charge in [0.2, 0.25) is 11.8 Å². The number of hydrogen-bond acceptors (Lipinski definition) is 13. The van der Waals surface area contributed by atoms with E-state index in [1.54, 1.807) is 104 Å². The van der Waals surface area contributed by atoms with Crippen LogP contribution in [0.4, 0.5) is 0 Å². The van der Waals surface area contributed by atoms with Gasteiger partial charge in [-0.25, -0.2) is 0 Å². The first-order chi connectivity index (χ1) is 56.4. The van der Waals surface area contributed by atoms with Gasteiger partial charge in [-0.2, -0.15) is 0 Å². The van der Waals surface area contributed by atoms with Gasteiger partial charge < -0.3 is 54.1 Å². The van der Waals surface area contributed by atoms with Crippen LogP contribution in [0.1, 0.15) is 236 Å². The molecular formula is C95H116BrN5O14. The molecule has 0 spiro atoms. The molecule has 3 unspecified atom stereocenters. The number of amides is 5. The van der Waals surface area contributed by atoms with Gasteiger partial charge in [0, 0.05) is 92.8 Å². The third-order valence-electron chi connectivity index (χ3n) is 18.5. The van der Waals surface area contributed by atoms with Crippen LogP contribution in [-0.4, -0.2) is 129 Å². The second kappa shape index (κ2) is 45.5. The highest BCUT2D eigenvalue weighted by Gasteiger charge is 2.45. The Morgan fingerprint density at radius 2 is 0.783 bits per heavy atom. The number of nitrogens with one attached hydrogen (secondary N) is 2. The number of unbranched alkanes of at least 4 members (excludes halogenated alkanes) is 6. The fraction of sp³-hybridized carbons (Fsp3) is 0.411. The molecule has 8 aromatic carbocycles. The maximum Gasteiger partial charge on any atom is 0.305 e. The number of carboxylic acid groups (broad SMARTS) is 1. The molecule has 19 nitrogen and oxygen atoms in total. The summed E-state index contributed by atoms with van der Waals surface area (Å²) in [4.78, 5) is 108. The lowest BCUT2D eigenvalue weighted by Gasteiger charge is -2.34. The first kappa shape index (κ1) is 85.3. The third kappa shape index (κ3) is 29.6. The summed E-state index contributed by atoms with van der Waals surface area (Å²) in [7, 11) is 0. The van der Waals surface area contributed by atoms with Gasteiger partial charge in [0.25, 0.3) is 17.7 Å². The zero-order chi connectivity index (χ0) is 85.6. The fourth-order valence-electron chi connectivity index (χ4n) is 12.5. The number of halogens is 1. The number of nitrogens with zero attached hydrogens (tertiary/aromatic N) is 3. The third-order valence-corrected chi connectivity index (χ3v) is 19.0. The lowest BCUT2D eigenvalue weighted by molar-refractivity contribution is -0.144. The van der Waals surface area contributed by atoms with E-state index in [0.717, 1.165) is 65.3 Å². The molecule has 0 bridgehead atoms. The summed E-state index contributed by atoms with van der Waals surface area (Å²) in [5.74, 6) is -1.99. The van der Waals surface area contributed by atoms with E-state index >= 15 is 0 Å². The molecule has 0 saturated heterocycles. The predicted molar refractivity (Wildman–Crippen MR) is 455 cm³/mol. The molecule has 20 heteroatoms. The molecule has 0 heterocycles. The molecule has 0 radical (unpaired) electrons. The van der Waals surface area contributed by atoms with Crippen LogP contribution >= 0.6 is 15.9 Å². The Morgan fingerprint density at radius 1 is 0.443 bits per heavy atom. The van der Waals surface area contributed by atoms with Crippen molar-refractivity contribution in [1.29, 1.82) is 0 Å². The summed E-state index contributed by atoms with van der Waals surface area (Å²) < 4.78 is 57.5. The molecule has 612 valence electrons. The minimum Gasteiger partial charge on any atom is -0.493 e. The van der Waals surface area contributed by atoms with Gasteiger partial charge in [-0.15, -0.1) is 0 Å². The number of carbonyl (C=O) groups is 8. The molecule has 115 heavy (non-hydrogen) atoms. The van der Waals surface area contributed by atoms with Crippen molar-refractivity contribution in [3.8, 4) is 39.5 Å². The second-order valence-electron chi connectivity index (χ2n) is 30.8. The molecule has 2 saturated carbocycles. The topological polar surface area (TPSA) is 237 Å². The fourth-order valence-corrected chi connectivity index (χ4v) is 12.8. The minimum atomic E-state index is -2.08. The number of para-hydroxylation sites is 3. The van der Waals surface area contributed by atoms with E-state index in [2.05, 4.69) is 26.6 Å². The van der Waals surface area contributed by atoms with Crippen molar-refractivity contribution in [2.75, 3.05) is 33.0 Å². The number of carboxylic acids is 1. The van der Waals surface area contributed by atoms with Crippen LogP contribution in [0.5, 0.6) is 17.2 Å². The van der Waals surface area contributed by atoms with E-state index < -0.39 is 47.4 Å². The molecule has 3 N–H and O–H groups in total. The standard InChI is InChI=1S/C36H44N2O5.C30H39BrN2O5.C29H33NO4/c1-5-42-32(39)18-10-7-13-25-43-31-17-12-11-16-30(31)33(34(40)37-36(2,3)4)38(29-23-24-29)35(41)28-21-19-27(20-22-28)26-14-8-6-9-15-26;1-5-37-26(34)13-7-6-10-20-38-25-12-9-8-11-24(25)27(28(35)32-30(2,3)4)33(23-18-19-23)29(36)21-14-16-22(31)17-15-21;1-22(2)30(29(33)25-18-16-24(17-19-25)23-11-5-3-6-12-23)21-26-13-8-9-14-27(26)34-20-10-4-7-15-28(31)32/h6,8-9,11-12,14-17,19-22,29,33H,5,7,10,13,18,23-25H2,1-4H3,(H,37,40);8-9,11-12,14-17,23,27H,5-7,10,13,18-20H2,1-4H3,(H,32,35);3,5-6,8-9,11-14,16-19,22H,4,7,10,15,20-21H2,1-2H3,(H,31,32)/i33D;27D;21D. The Hall–Kier alpha value is -10.6. The molecule has 0 aliphatic heterocycles. The average Bonchev–Trinajstić information content (AvgIpc) is 1.48. The van der Waals surface area contributed by atoms with Crippen molar-refractivity contribution in [2.45, 2.75) is 220 Å². The first-order valence-electron chi connectivity index (χ1n) is 41.8. The summed E-state index contributed by atoms with van der Waals surface area (Å²) in [5.41, 5.74) is 5.49. The molecule has 2 fully saturated rings. The number of esters is 2. The number of carbonyl (C=O) groups excluding carboxylic acids is 7. The van der Waals surface area contributed by atoms with Crippen molar-refractivity contribution in [3.63, 3.8) is 0 Å². The number of aliphatic carboxylic acids is 1. The molecule has 8 aromatic rings. The normalized spacial score (nSPS) is 14.1. The van der Waals surface area contributed by atoms with Gasteiger partial charge in [-0.1, -0.05) is 155 Å². The Labute approximate surface area is 692 Å². The van der Waals surface area contributed by atoms with E-state index in [4.69, 9.17) is 30.2 Å². The number of hydrogen-bond donors (Lipinski definition) is 3. The molecule has 2 aliphatic carbocycles. The molecule has 3 atom stereocenters. The van der Waals surface area contributed by atoms with Crippen LogP contribution in [0.25, 0.3) is 22.3 Å². The van der Waals surface area contributed by atoms with Gasteiger partial charge >= 0.3 is 17.9 Å². The molecule has 0 aromatic heterocycles. The van der Waals surface area contributed by atoms with Crippen molar-refractivity contribution in [3.05, 3.63) is 244 Å². The second-order valence-corrected chi connectivity index (χ2v) is 31.7. The SMILES string of the molecule is [2H]C(C(=O)NC(C)(C)C)(c1ccccc1OCCCCCC(=O)OCC)N(C(=O)c1ccc(-c2ccccc2)cc1)C1CC1.[2H]C(C(=O)NC(C)(C)C)(c1ccccc1OCCCCCC(=O)OCC)N(C(=O)c1ccc(Br)cc1)C1CC1.[2H]C(c1ccccc1OCCCCCC(=O)O)N(C(=O)c1ccc(-c2ccccc2)cc1)C(C)C. The highest BCUT2D eigenvalue weighted by molar-refractivity contribution is 9.10. The quantitative estimate of drug-likeness (QED) is 0.0240. The summed E-state index contributed by atoms with van der Waals surface area (Å²) in [6.45, 7) is 19.4. The average molecular weight is 1630 g/mol. The van der Waals surface area contributed by atoms with E-state index in [9.17, 15) is 41.1 Å². The largest absolute Gasteiger partial charge is 0.493 e. The summed E-state index contributed by atoms with van der Waals surface area (Å²) in [6.07, 6.45) is 10.1. The zero-order valence-electron chi connectivity index (χ0n) is 71.3. The molecule has 2 aliphatic rings. The van der Waals surface area contributed by atoms with Crippen molar-refractivity contribution in [2.24, 2.45) is 0 Å². The summed E-state index contributed by atoms with van der Waals surface area (Å²) in [5, 5.41) is 14.7. The lowest BCUT2D eigenvalue weighted by atomic mass is 9.98. The Morgan fingerprint density at radius 3 is 1.16 bits per heavy atom. The van der Waals surface area contributed by atoms with Crippen LogP contribution in [-0.2, 0) is 40.0 Å². The van der Waals surface area contributed by atoms with Crippen molar-refractivity contribution < 1.29 is 71.3 Å². The van der Waals surface area contributed by atoms with Crippen LogP contribution in [0.2, 0.25) is 0 Å². The van der Waals surface area contributed by atoms with Gasteiger partial charge in [0.1, 0.15) is 29.3 Å². The number of ether oxygens (including phenoxy) is 5. The Balaban J connectivity index is 0.000000222. The number of rotatable bonds is 39.